The van der Waals surface area contributed by atoms with E-state index in [2.05, 4.69) is 4.90 Å². The third-order valence-electron chi connectivity index (χ3n) is 5.04. The summed E-state index contributed by atoms with van der Waals surface area (Å²) in [4.78, 5) is 17.0. The summed E-state index contributed by atoms with van der Waals surface area (Å²) < 4.78 is 30.0. The Kier molecular flexibility index (Phi) is 6.09. The molecule has 0 saturated carbocycles. The third-order valence-corrected chi connectivity index (χ3v) is 6.75. The number of nitrogens with zero attached hydrogens (tertiary/aromatic N) is 2. The van der Waals surface area contributed by atoms with Gasteiger partial charge in [-0.15, -0.1) is 0 Å². The van der Waals surface area contributed by atoms with Gasteiger partial charge in [0, 0.05) is 25.6 Å². The van der Waals surface area contributed by atoms with E-state index in [1.165, 1.54) is 0 Å². The minimum absolute atomic E-state index is 0.0695. The molecule has 1 amide bonds. The Labute approximate surface area is 149 Å². The fraction of sp³-hybridized carbons (Fsp3) is 0.611. The molecule has 2 fully saturated rings. The molecule has 2 aliphatic heterocycles. The molecule has 138 valence electrons. The van der Waals surface area contributed by atoms with Crippen molar-refractivity contribution >= 4 is 15.7 Å². The molecule has 0 spiro atoms. The molecule has 3 rings (SSSR count). The number of rotatable bonds is 5. The second-order valence-electron chi connectivity index (χ2n) is 6.69. The van der Waals surface area contributed by atoms with Crippen LogP contribution in [0.25, 0.3) is 0 Å². The van der Waals surface area contributed by atoms with Crippen molar-refractivity contribution in [2.45, 2.75) is 17.7 Å². The molecule has 7 heteroatoms. The van der Waals surface area contributed by atoms with Gasteiger partial charge in [-0.25, -0.2) is 8.42 Å². The average molecular weight is 366 g/mol. The number of benzene rings is 1. The fourth-order valence-electron chi connectivity index (χ4n) is 3.44. The van der Waals surface area contributed by atoms with Crippen molar-refractivity contribution in [3.63, 3.8) is 0 Å². The lowest BCUT2D eigenvalue weighted by atomic mass is 9.95. The number of carbonyl (C=O) groups excluding carboxylic acids is 1. The van der Waals surface area contributed by atoms with Gasteiger partial charge in [0.15, 0.2) is 9.84 Å². The zero-order valence-corrected chi connectivity index (χ0v) is 15.3. The minimum Gasteiger partial charge on any atom is -0.378 e. The standard InChI is InChI=1S/C18H26N2O4S/c21-18(20-10-13-24-14-11-20)16-6-8-19(9-7-16)12-15-25(22,23)17-4-2-1-3-5-17/h1-5,16H,6-15H2. The number of hydrogen-bond donors (Lipinski definition) is 0. The Hall–Kier alpha value is -1.44. The molecule has 2 aliphatic rings. The summed E-state index contributed by atoms with van der Waals surface area (Å²) in [5.74, 6) is 0.430. The molecule has 2 saturated heterocycles. The van der Waals surface area contributed by atoms with Crippen LogP contribution in [0.2, 0.25) is 0 Å². The zero-order valence-electron chi connectivity index (χ0n) is 14.5. The van der Waals surface area contributed by atoms with Crippen molar-refractivity contribution in [3.05, 3.63) is 30.3 Å². The lowest BCUT2D eigenvalue weighted by molar-refractivity contribution is -0.141. The monoisotopic (exact) mass is 366 g/mol. The van der Waals surface area contributed by atoms with Gasteiger partial charge in [-0.3, -0.25) is 4.79 Å². The Bertz CT molecular complexity index is 664. The number of likely N-dealkylation sites (tertiary alicyclic amines) is 1. The summed E-state index contributed by atoms with van der Waals surface area (Å²) in [5, 5.41) is 0. The topological polar surface area (TPSA) is 66.9 Å². The number of ether oxygens (including phenoxy) is 1. The first-order valence-electron chi connectivity index (χ1n) is 8.93. The molecule has 6 nitrogen and oxygen atoms in total. The van der Waals surface area contributed by atoms with Crippen LogP contribution in [0.5, 0.6) is 0 Å². The van der Waals surface area contributed by atoms with Crippen molar-refractivity contribution in [1.29, 1.82) is 0 Å². The van der Waals surface area contributed by atoms with Crippen molar-refractivity contribution in [2.75, 3.05) is 51.7 Å². The lowest BCUT2D eigenvalue weighted by Gasteiger charge is -2.35. The van der Waals surface area contributed by atoms with Crippen LogP contribution in [0.3, 0.4) is 0 Å². The predicted molar refractivity (Wildman–Crippen MR) is 95.1 cm³/mol. The molecular formula is C18H26N2O4S. The first-order chi connectivity index (χ1) is 12.1. The molecule has 2 heterocycles. The van der Waals surface area contributed by atoms with Crippen LogP contribution < -0.4 is 0 Å². The van der Waals surface area contributed by atoms with Gasteiger partial charge in [-0.2, -0.15) is 0 Å². The van der Waals surface area contributed by atoms with E-state index in [0.29, 0.717) is 37.7 Å². The largest absolute Gasteiger partial charge is 0.378 e. The second-order valence-corrected chi connectivity index (χ2v) is 8.79. The highest BCUT2D eigenvalue weighted by Crippen LogP contribution is 2.21. The minimum atomic E-state index is -3.24. The number of amides is 1. The summed E-state index contributed by atoms with van der Waals surface area (Å²) in [7, 11) is -3.24. The number of hydrogen-bond acceptors (Lipinski definition) is 5. The maximum Gasteiger partial charge on any atom is 0.225 e. The third kappa shape index (κ3) is 4.80. The Morgan fingerprint density at radius 3 is 2.32 bits per heavy atom. The van der Waals surface area contributed by atoms with Crippen LogP contribution in [-0.4, -0.2) is 75.8 Å². The highest BCUT2D eigenvalue weighted by molar-refractivity contribution is 7.91. The molecule has 0 aromatic heterocycles. The van der Waals surface area contributed by atoms with Crippen LogP contribution in [0, 0.1) is 5.92 Å². The second kappa shape index (κ2) is 8.29. The molecule has 0 N–H and O–H groups in total. The normalized spacial score (nSPS) is 20.6. The van der Waals surface area contributed by atoms with Crippen molar-refractivity contribution < 1.29 is 17.9 Å². The fourth-order valence-corrected chi connectivity index (χ4v) is 4.75. The van der Waals surface area contributed by atoms with Crippen LogP contribution in [0.4, 0.5) is 0 Å². The maximum absolute atomic E-state index is 12.5. The Morgan fingerprint density at radius 1 is 1.04 bits per heavy atom. The van der Waals surface area contributed by atoms with Gasteiger partial charge < -0.3 is 14.5 Å². The van der Waals surface area contributed by atoms with Crippen molar-refractivity contribution in [3.8, 4) is 0 Å². The maximum atomic E-state index is 12.5. The number of sulfone groups is 1. The van der Waals surface area contributed by atoms with Crippen LogP contribution in [-0.2, 0) is 19.4 Å². The summed E-state index contributed by atoms with van der Waals surface area (Å²) in [6, 6.07) is 8.59. The Balaban J connectivity index is 1.45. The predicted octanol–water partition coefficient (Wildman–Crippen LogP) is 1.03. The molecule has 0 bridgehead atoms. The molecule has 0 aliphatic carbocycles. The molecule has 0 atom stereocenters. The smallest absolute Gasteiger partial charge is 0.225 e. The molecule has 1 aromatic rings. The van der Waals surface area contributed by atoms with E-state index in [4.69, 9.17) is 4.74 Å². The Morgan fingerprint density at radius 2 is 1.68 bits per heavy atom. The zero-order chi connectivity index (χ0) is 17.7. The molecule has 25 heavy (non-hydrogen) atoms. The van der Waals surface area contributed by atoms with Crippen molar-refractivity contribution in [2.24, 2.45) is 5.92 Å². The number of piperidine rings is 1. The van der Waals surface area contributed by atoms with Gasteiger partial charge in [-0.1, -0.05) is 18.2 Å². The van der Waals surface area contributed by atoms with E-state index in [9.17, 15) is 13.2 Å². The van der Waals surface area contributed by atoms with E-state index < -0.39 is 9.84 Å². The van der Waals surface area contributed by atoms with Gasteiger partial charge in [-0.05, 0) is 38.1 Å². The van der Waals surface area contributed by atoms with E-state index in [-0.39, 0.29) is 17.6 Å². The molecule has 0 unspecified atom stereocenters. The van der Waals surface area contributed by atoms with Crippen LogP contribution in [0.15, 0.2) is 35.2 Å². The van der Waals surface area contributed by atoms with E-state index in [0.717, 1.165) is 25.9 Å². The molecule has 1 aromatic carbocycles. The quantitative estimate of drug-likeness (QED) is 0.779. The van der Waals surface area contributed by atoms with Crippen LogP contribution >= 0.6 is 0 Å². The highest BCUT2D eigenvalue weighted by Gasteiger charge is 2.29. The van der Waals surface area contributed by atoms with Crippen LogP contribution in [0.1, 0.15) is 12.8 Å². The molecule has 0 radical (unpaired) electrons. The van der Waals surface area contributed by atoms with E-state index in [1.807, 2.05) is 11.0 Å². The average Bonchev–Trinajstić information content (AvgIpc) is 2.68. The van der Waals surface area contributed by atoms with Gasteiger partial charge >= 0.3 is 0 Å². The lowest BCUT2D eigenvalue weighted by Crippen LogP contribution is -2.47. The number of morpholine rings is 1. The highest BCUT2D eigenvalue weighted by atomic mass is 32.2. The summed E-state index contributed by atoms with van der Waals surface area (Å²) in [5.41, 5.74) is 0. The van der Waals surface area contributed by atoms with E-state index in [1.54, 1.807) is 24.3 Å². The van der Waals surface area contributed by atoms with E-state index >= 15 is 0 Å². The first kappa shape index (κ1) is 18.4. The summed E-state index contributed by atoms with van der Waals surface area (Å²) in [6.07, 6.45) is 1.61. The number of carbonyl (C=O) groups is 1. The summed E-state index contributed by atoms with van der Waals surface area (Å²) >= 11 is 0. The molecular weight excluding hydrogens is 340 g/mol. The first-order valence-corrected chi connectivity index (χ1v) is 10.6. The summed E-state index contributed by atoms with van der Waals surface area (Å²) in [6.45, 7) is 4.72. The van der Waals surface area contributed by atoms with Gasteiger partial charge in [0.05, 0.1) is 23.9 Å². The van der Waals surface area contributed by atoms with Gasteiger partial charge in [0.25, 0.3) is 0 Å². The van der Waals surface area contributed by atoms with Gasteiger partial charge in [0.2, 0.25) is 5.91 Å². The van der Waals surface area contributed by atoms with Gasteiger partial charge in [0.1, 0.15) is 0 Å². The van der Waals surface area contributed by atoms with Crippen molar-refractivity contribution in [1.82, 2.24) is 9.80 Å². The SMILES string of the molecule is O=C(C1CCN(CCS(=O)(=O)c2ccccc2)CC1)N1CCOCC1.